The molecule has 3 unspecified atom stereocenters. The van der Waals surface area contributed by atoms with Gasteiger partial charge in [0.2, 0.25) is 0 Å². The molecule has 4 saturated carbocycles. The van der Waals surface area contributed by atoms with Crippen molar-refractivity contribution < 1.29 is 32.0 Å². The molecule has 1 N–H and O–H groups in total. The summed E-state index contributed by atoms with van der Waals surface area (Å²) in [7, 11) is -4.37. The summed E-state index contributed by atoms with van der Waals surface area (Å²) in [6, 6.07) is 20.0. The van der Waals surface area contributed by atoms with Gasteiger partial charge in [0.1, 0.15) is 5.75 Å². The summed E-state index contributed by atoms with van der Waals surface area (Å²) in [5.74, 6) is 0.797. The highest BCUT2D eigenvalue weighted by atomic mass is 32.2. The van der Waals surface area contributed by atoms with Gasteiger partial charge in [-0.2, -0.15) is 8.42 Å². The molecular weight excluding hydrogens is 612 g/mol. The number of rotatable bonds is 6. The van der Waals surface area contributed by atoms with Crippen LogP contribution in [-0.2, 0) is 37.3 Å². The van der Waals surface area contributed by atoms with E-state index in [0.29, 0.717) is 49.0 Å². The highest BCUT2D eigenvalue weighted by Gasteiger charge is 2.62. The molecule has 0 amide bonds. The van der Waals surface area contributed by atoms with Gasteiger partial charge in [0.15, 0.2) is 0 Å². The van der Waals surface area contributed by atoms with Gasteiger partial charge < -0.3 is 9.47 Å². The first-order valence-corrected chi connectivity index (χ1v) is 18.8. The maximum atomic E-state index is 14.2. The summed E-state index contributed by atoms with van der Waals surface area (Å²) in [6.45, 7) is 0.337. The molecule has 0 saturated heterocycles. The number of benzene rings is 3. The Morgan fingerprint density at radius 3 is 2.04 bits per heavy atom. The average Bonchev–Trinajstić information content (AvgIpc) is 3.06. The zero-order valence-corrected chi connectivity index (χ0v) is 27.3. The molecule has 8 aliphatic rings. The number of hydrogen-bond donors (Lipinski definition) is 1. The van der Waals surface area contributed by atoms with Crippen LogP contribution >= 0.6 is 0 Å². The van der Waals surface area contributed by atoms with Crippen LogP contribution in [0.25, 0.3) is 0 Å². The van der Waals surface area contributed by atoms with Crippen LogP contribution in [0.3, 0.4) is 0 Å². The van der Waals surface area contributed by atoms with E-state index < -0.39 is 15.5 Å². The van der Waals surface area contributed by atoms with Crippen LogP contribution in [0.5, 0.6) is 5.75 Å². The zero-order valence-electron chi connectivity index (χ0n) is 26.5. The van der Waals surface area contributed by atoms with E-state index in [-0.39, 0.29) is 40.0 Å². The Bertz CT molecular complexity index is 1870. The second-order valence-corrected chi connectivity index (χ2v) is 17.0. The zero-order chi connectivity index (χ0) is 32.1. The smallest absolute Gasteiger partial charge is 0.317 e. The molecule has 3 aromatic carbocycles. The fourth-order valence-corrected chi connectivity index (χ4v) is 12.2. The van der Waals surface area contributed by atoms with Crippen LogP contribution in [-0.4, -0.2) is 31.5 Å². The molecule has 3 aromatic rings. The Morgan fingerprint density at radius 2 is 1.40 bits per heavy atom. The number of fused-ring (bicyclic) bond motifs is 2. The number of carbonyl (C=O) groups is 2. The second-order valence-electron chi connectivity index (χ2n) is 15.6. The van der Waals surface area contributed by atoms with Crippen LogP contribution in [0.1, 0.15) is 103 Å². The van der Waals surface area contributed by atoms with E-state index in [1.165, 1.54) is 34.4 Å². The molecule has 0 spiro atoms. The van der Waals surface area contributed by atoms with Crippen LogP contribution in [0, 0.1) is 28.6 Å². The summed E-state index contributed by atoms with van der Waals surface area (Å²) >= 11 is 0. The highest BCUT2D eigenvalue weighted by molar-refractivity contribution is 7.85. The molecule has 4 fully saturated rings. The van der Waals surface area contributed by atoms with Crippen molar-refractivity contribution in [3.63, 3.8) is 0 Å². The molecule has 11 rings (SSSR count). The van der Waals surface area contributed by atoms with Crippen molar-refractivity contribution in [2.45, 2.75) is 87.4 Å². The van der Waals surface area contributed by atoms with Gasteiger partial charge in [0.25, 0.3) is 10.1 Å². The summed E-state index contributed by atoms with van der Waals surface area (Å²) < 4.78 is 46.5. The third-order valence-corrected chi connectivity index (χ3v) is 13.6. The Morgan fingerprint density at radius 1 is 0.787 bits per heavy atom. The minimum absolute atomic E-state index is 0.00396. The van der Waals surface area contributed by atoms with Crippen LogP contribution in [0.4, 0.5) is 0 Å². The maximum Gasteiger partial charge on any atom is 0.317 e. The molecule has 47 heavy (non-hydrogen) atoms. The third-order valence-electron chi connectivity index (χ3n) is 12.7. The summed E-state index contributed by atoms with van der Waals surface area (Å²) in [5, 5.41) is 0. The average molecular weight is 653 g/mol. The Balaban J connectivity index is 0.956. The van der Waals surface area contributed by atoms with Crippen LogP contribution in [0.2, 0.25) is 0 Å². The van der Waals surface area contributed by atoms with Crippen molar-refractivity contribution in [3.05, 3.63) is 94.0 Å². The molecule has 8 aliphatic carbocycles. The normalized spacial score (nSPS) is 32.7. The molecule has 3 atom stereocenters. The van der Waals surface area contributed by atoms with Crippen molar-refractivity contribution in [2.75, 3.05) is 6.61 Å². The molecule has 0 aliphatic heterocycles. The lowest BCUT2D eigenvalue weighted by atomic mass is 9.44. The van der Waals surface area contributed by atoms with Crippen LogP contribution in [0.15, 0.2) is 65.6 Å². The standard InChI is InChI=1S/C39H40O7S/c40-36(32-16-31-25-7-1-5-11-29(25)35(32)30-12-6-2-8-26(30)31)45-22-38-17-23-15-24(18-38)20-39(19-23,21-38)37(41)46-33-13-14-34(47(42,43)44)28-10-4-3-9-27(28)33/h1-2,5-8,11-14,23-24,31-32,35H,3-4,9-10,15-22H2,(H,42,43,44). The first kappa shape index (κ1) is 29.6. The lowest BCUT2D eigenvalue weighted by molar-refractivity contribution is -0.183. The summed E-state index contributed by atoms with van der Waals surface area (Å²) in [4.78, 5) is 28.1. The van der Waals surface area contributed by atoms with Gasteiger partial charge in [-0.1, -0.05) is 48.5 Å². The first-order valence-electron chi connectivity index (χ1n) is 17.3. The third kappa shape index (κ3) is 4.65. The number of esters is 2. The fraction of sp³-hybridized carbons (Fsp3) is 0.487. The van der Waals surface area contributed by atoms with Crippen molar-refractivity contribution in [1.82, 2.24) is 0 Å². The summed E-state index contributed by atoms with van der Waals surface area (Å²) in [6.07, 6.45) is 8.82. The van der Waals surface area contributed by atoms with Gasteiger partial charge >= 0.3 is 11.9 Å². The van der Waals surface area contributed by atoms with Crippen molar-refractivity contribution >= 4 is 22.1 Å². The quantitative estimate of drug-likeness (QED) is 0.171. The van der Waals surface area contributed by atoms with E-state index in [0.717, 1.165) is 56.9 Å². The van der Waals surface area contributed by atoms with E-state index in [9.17, 15) is 22.6 Å². The number of carbonyl (C=O) groups excluding carboxylic acids is 2. The fourth-order valence-electron chi connectivity index (χ4n) is 11.4. The van der Waals surface area contributed by atoms with E-state index in [2.05, 4.69) is 48.5 Å². The van der Waals surface area contributed by atoms with E-state index in [1.54, 1.807) is 0 Å². The monoisotopic (exact) mass is 652 g/mol. The predicted octanol–water partition coefficient (Wildman–Crippen LogP) is 7.14. The van der Waals surface area contributed by atoms with Gasteiger partial charge in [-0.25, -0.2) is 0 Å². The molecule has 6 bridgehead atoms. The Hall–Kier alpha value is -3.49. The first-order chi connectivity index (χ1) is 22.6. The molecular formula is C39H40O7S. The SMILES string of the molecule is O=C(OCC12CC3CC(C1)CC(C(=O)Oc1ccc(S(=O)(=O)O)c4c1CCCC4)(C3)C2)C1CC2c3ccccc3C1c1ccccc12. The van der Waals surface area contributed by atoms with E-state index in [4.69, 9.17) is 9.47 Å². The van der Waals surface area contributed by atoms with Crippen molar-refractivity contribution in [1.29, 1.82) is 0 Å². The molecule has 0 radical (unpaired) electrons. The highest BCUT2D eigenvalue weighted by Crippen LogP contribution is 2.66. The topological polar surface area (TPSA) is 107 Å². The maximum absolute atomic E-state index is 14.2. The van der Waals surface area contributed by atoms with Gasteiger partial charge in [-0.15, -0.1) is 0 Å². The molecule has 244 valence electrons. The Kier molecular flexibility index (Phi) is 6.62. The van der Waals surface area contributed by atoms with Gasteiger partial charge in [-0.05, 0) is 128 Å². The second kappa shape index (κ2) is 10.5. The largest absolute Gasteiger partial charge is 0.465 e. The lowest BCUT2D eigenvalue weighted by Gasteiger charge is -2.60. The molecule has 0 heterocycles. The summed E-state index contributed by atoms with van der Waals surface area (Å²) in [5.41, 5.74) is 5.56. The van der Waals surface area contributed by atoms with Gasteiger partial charge in [0.05, 0.1) is 22.8 Å². The van der Waals surface area contributed by atoms with Crippen molar-refractivity contribution in [2.24, 2.45) is 28.6 Å². The van der Waals surface area contributed by atoms with Gasteiger partial charge in [-0.3, -0.25) is 14.1 Å². The lowest BCUT2D eigenvalue weighted by Crippen LogP contribution is -2.57. The van der Waals surface area contributed by atoms with Gasteiger partial charge in [0, 0.05) is 17.3 Å². The van der Waals surface area contributed by atoms with Crippen molar-refractivity contribution in [3.8, 4) is 5.75 Å². The molecule has 8 heteroatoms. The molecule has 7 nitrogen and oxygen atoms in total. The minimum Gasteiger partial charge on any atom is -0.465 e. The van der Waals surface area contributed by atoms with Crippen LogP contribution < -0.4 is 4.74 Å². The Labute approximate surface area is 275 Å². The van der Waals surface area contributed by atoms with E-state index >= 15 is 0 Å². The molecule has 0 aromatic heterocycles. The number of hydrogen-bond acceptors (Lipinski definition) is 6. The van der Waals surface area contributed by atoms with E-state index in [1.807, 2.05) is 0 Å². The number of ether oxygens (including phenoxy) is 2. The predicted molar refractivity (Wildman–Crippen MR) is 174 cm³/mol. The minimum atomic E-state index is -4.37.